The fraction of sp³-hybridized carbons (Fsp3) is 1.00. The standard InChI is InChI=1S/C10H22O/c1-9(2)8-11-7-6-10(3,4)5/h9H,6-8H2,1-5H3. The van der Waals surface area contributed by atoms with Gasteiger partial charge in [0.05, 0.1) is 0 Å². The van der Waals surface area contributed by atoms with Crippen molar-refractivity contribution in [1.82, 2.24) is 0 Å². The van der Waals surface area contributed by atoms with Crippen molar-refractivity contribution in [3.8, 4) is 0 Å². The summed E-state index contributed by atoms with van der Waals surface area (Å²) in [5.41, 5.74) is 0.414. The Labute approximate surface area is 71.1 Å². The van der Waals surface area contributed by atoms with Crippen LogP contribution in [0.3, 0.4) is 0 Å². The van der Waals surface area contributed by atoms with Crippen LogP contribution in [0.25, 0.3) is 0 Å². The first-order valence-corrected chi connectivity index (χ1v) is 4.49. The maximum Gasteiger partial charge on any atom is 0.0488 e. The maximum absolute atomic E-state index is 5.47. The summed E-state index contributed by atoms with van der Waals surface area (Å²) in [7, 11) is 0. The van der Waals surface area contributed by atoms with Gasteiger partial charge in [-0.3, -0.25) is 0 Å². The van der Waals surface area contributed by atoms with Gasteiger partial charge in [0.1, 0.15) is 0 Å². The molecule has 0 bridgehead atoms. The molecule has 0 aromatic heterocycles. The van der Waals surface area contributed by atoms with E-state index in [1.165, 1.54) is 0 Å². The zero-order chi connectivity index (χ0) is 8.91. The lowest BCUT2D eigenvalue weighted by Crippen LogP contribution is -2.11. The lowest BCUT2D eigenvalue weighted by atomic mass is 9.93. The van der Waals surface area contributed by atoms with Crippen molar-refractivity contribution in [2.24, 2.45) is 11.3 Å². The van der Waals surface area contributed by atoms with E-state index in [0.29, 0.717) is 11.3 Å². The highest BCUT2D eigenvalue weighted by Gasteiger charge is 2.09. The Morgan fingerprint density at radius 1 is 1.18 bits per heavy atom. The van der Waals surface area contributed by atoms with E-state index in [1.807, 2.05) is 0 Å². The van der Waals surface area contributed by atoms with Crippen LogP contribution in [0.2, 0.25) is 0 Å². The van der Waals surface area contributed by atoms with Gasteiger partial charge in [-0.05, 0) is 17.8 Å². The third kappa shape index (κ3) is 9.96. The van der Waals surface area contributed by atoms with Gasteiger partial charge in [0.15, 0.2) is 0 Å². The Hall–Kier alpha value is -0.0400. The van der Waals surface area contributed by atoms with E-state index in [2.05, 4.69) is 34.6 Å². The molecule has 0 radical (unpaired) electrons. The van der Waals surface area contributed by atoms with Gasteiger partial charge in [0.2, 0.25) is 0 Å². The molecule has 0 saturated heterocycles. The zero-order valence-electron chi connectivity index (χ0n) is 8.61. The second-order valence-electron chi connectivity index (χ2n) is 4.78. The van der Waals surface area contributed by atoms with E-state index in [9.17, 15) is 0 Å². The topological polar surface area (TPSA) is 9.23 Å². The molecule has 0 aliphatic rings. The lowest BCUT2D eigenvalue weighted by Gasteiger charge is -2.18. The summed E-state index contributed by atoms with van der Waals surface area (Å²) in [6.45, 7) is 12.9. The SMILES string of the molecule is CC(C)COCCC(C)(C)C. The Morgan fingerprint density at radius 3 is 2.09 bits per heavy atom. The minimum absolute atomic E-state index is 0.414. The molecule has 0 unspecified atom stereocenters. The first-order valence-electron chi connectivity index (χ1n) is 4.49. The van der Waals surface area contributed by atoms with Gasteiger partial charge in [-0.25, -0.2) is 0 Å². The Kier molecular flexibility index (Phi) is 4.74. The highest BCUT2D eigenvalue weighted by Crippen LogP contribution is 2.17. The van der Waals surface area contributed by atoms with Gasteiger partial charge in [-0.2, -0.15) is 0 Å². The fourth-order valence-corrected chi connectivity index (χ4v) is 0.697. The van der Waals surface area contributed by atoms with Gasteiger partial charge in [0, 0.05) is 13.2 Å². The summed E-state index contributed by atoms with van der Waals surface area (Å²) >= 11 is 0. The normalized spacial score (nSPS) is 12.5. The zero-order valence-corrected chi connectivity index (χ0v) is 8.61. The van der Waals surface area contributed by atoms with Gasteiger partial charge >= 0.3 is 0 Å². The highest BCUT2D eigenvalue weighted by molar-refractivity contribution is 4.59. The maximum atomic E-state index is 5.47. The van der Waals surface area contributed by atoms with Crippen LogP contribution >= 0.6 is 0 Å². The van der Waals surface area contributed by atoms with Gasteiger partial charge in [-0.15, -0.1) is 0 Å². The van der Waals surface area contributed by atoms with Crippen molar-refractivity contribution in [1.29, 1.82) is 0 Å². The second kappa shape index (κ2) is 4.76. The fourth-order valence-electron chi connectivity index (χ4n) is 0.697. The molecule has 0 aromatic rings. The molecule has 68 valence electrons. The van der Waals surface area contributed by atoms with Crippen molar-refractivity contribution < 1.29 is 4.74 Å². The lowest BCUT2D eigenvalue weighted by molar-refractivity contribution is 0.0883. The molecule has 1 heteroatoms. The second-order valence-corrected chi connectivity index (χ2v) is 4.78. The van der Waals surface area contributed by atoms with E-state index >= 15 is 0 Å². The number of hydrogen-bond donors (Lipinski definition) is 0. The van der Waals surface area contributed by atoms with Gasteiger partial charge in [-0.1, -0.05) is 34.6 Å². The van der Waals surface area contributed by atoms with Crippen molar-refractivity contribution in [2.45, 2.75) is 41.0 Å². The van der Waals surface area contributed by atoms with Crippen LogP contribution in [0.15, 0.2) is 0 Å². The third-order valence-corrected chi connectivity index (χ3v) is 1.45. The van der Waals surface area contributed by atoms with Crippen LogP contribution in [0, 0.1) is 11.3 Å². The molecule has 0 heterocycles. The Morgan fingerprint density at radius 2 is 1.73 bits per heavy atom. The summed E-state index contributed by atoms with van der Waals surface area (Å²) in [6.07, 6.45) is 1.15. The van der Waals surface area contributed by atoms with E-state index < -0.39 is 0 Å². The largest absolute Gasteiger partial charge is 0.381 e. The van der Waals surface area contributed by atoms with E-state index in [4.69, 9.17) is 4.74 Å². The summed E-state index contributed by atoms with van der Waals surface area (Å²) < 4.78 is 5.47. The molecule has 0 aliphatic heterocycles. The van der Waals surface area contributed by atoms with Crippen molar-refractivity contribution in [2.75, 3.05) is 13.2 Å². The van der Waals surface area contributed by atoms with Crippen molar-refractivity contribution in [3.63, 3.8) is 0 Å². The van der Waals surface area contributed by atoms with E-state index in [0.717, 1.165) is 19.6 Å². The van der Waals surface area contributed by atoms with Crippen LogP contribution in [0.5, 0.6) is 0 Å². The molecule has 0 fully saturated rings. The molecule has 1 nitrogen and oxygen atoms in total. The quantitative estimate of drug-likeness (QED) is 0.571. The minimum atomic E-state index is 0.414. The summed E-state index contributed by atoms with van der Waals surface area (Å²) in [5.74, 6) is 0.662. The van der Waals surface area contributed by atoms with E-state index in [1.54, 1.807) is 0 Å². The van der Waals surface area contributed by atoms with Crippen LogP contribution < -0.4 is 0 Å². The molecule has 0 spiro atoms. The molecule has 0 amide bonds. The van der Waals surface area contributed by atoms with Crippen molar-refractivity contribution >= 4 is 0 Å². The van der Waals surface area contributed by atoms with E-state index in [-0.39, 0.29) is 0 Å². The van der Waals surface area contributed by atoms with Crippen LogP contribution in [0.1, 0.15) is 41.0 Å². The highest BCUT2D eigenvalue weighted by atomic mass is 16.5. The number of hydrogen-bond acceptors (Lipinski definition) is 1. The van der Waals surface area contributed by atoms with Gasteiger partial charge < -0.3 is 4.74 Å². The average molecular weight is 158 g/mol. The monoisotopic (exact) mass is 158 g/mol. The molecule has 0 atom stereocenters. The third-order valence-electron chi connectivity index (χ3n) is 1.45. The van der Waals surface area contributed by atoms with Crippen LogP contribution in [0.4, 0.5) is 0 Å². The molecule has 0 aliphatic carbocycles. The van der Waals surface area contributed by atoms with Crippen molar-refractivity contribution in [3.05, 3.63) is 0 Å². The smallest absolute Gasteiger partial charge is 0.0488 e. The first-order chi connectivity index (χ1) is 4.92. The summed E-state index contributed by atoms with van der Waals surface area (Å²) in [4.78, 5) is 0. The Balaban J connectivity index is 3.15. The predicted octanol–water partition coefficient (Wildman–Crippen LogP) is 3.10. The summed E-state index contributed by atoms with van der Waals surface area (Å²) in [6, 6.07) is 0. The Bertz CT molecular complexity index is 89.5. The molecular weight excluding hydrogens is 136 g/mol. The molecule has 0 aromatic carbocycles. The van der Waals surface area contributed by atoms with Crippen LogP contribution in [-0.2, 0) is 4.74 Å². The number of rotatable bonds is 4. The molecular formula is C10H22O. The molecule has 11 heavy (non-hydrogen) atoms. The molecule has 0 N–H and O–H groups in total. The molecule has 0 saturated carbocycles. The predicted molar refractivity (Wildman–Crippen MR) is 49.7 cm³/mol. The number of ether oxygens (including phenoxy) is 1. The minimum Gasteiger partial charge on any atom is -0.381 e. The summed E-state index contributed by atoms with van der Waals surface area (Å²) in [5, 5.41) is 0. The molecule has 0 rings (SSSR count). The average Bonchev–Trinajstić information content (AvgIpc) is 1.78. The first kappa shape index (κ1) is 11.0. The van der Waals surface area contributed by atoms with Crippen LogP contribution in [-0.4, -0.2) is 13.2 Å². The van der Waals surface area contributed by atoms with Gasteiger partial charge in [0.25, 0.3) is 0 Å².